The Hall–Kier alpha value is -2.89. The van der Waals surface area contributed by atoms with Gasteiger partial charge in [0, 0.05) is 6.54 Å². The van der Waals surface area contributed by atoms with Crippen LogP contribution in [0.1, 0.15) is 19.4 Å². The van der Waals surface area contributed by atoms with Gasteiger partial charge in [0.05, 0.1) is 25.0 Å². The van der Waals surface area contributed by atoms with Crippen LogP contribution in [0.4, 0.5) is 4.79 Å². The van der Waals surface area contributed by atoms with E-state index in [-0.39, 0.29) is 18.0 Å². The summed E-state index contributed by atoms with van der Waals surface area (Å²) in [6, 6.07) is 14.1. The highest BCUT2D eigenvalue weighted by atomic mass is 16.2. The van der Waals surface area contributed by atoms with Gasteiger partial charge < -0.3 is 10.6 Å². The second-order valence-corrected chi connectivity index (χ2v) is 6.40. The Balaban J connectivity index is 1.61. The summed E-state index contributed by atoms with van der Waals surface area (Å²) in [6.45, 7) is 5.17. The number of hydrogen-bond donors (Lipinski definition) is 2. The second-order valence-electron chi connectivity index (χ2n) is 6.40. The van der Waals surface area contributed by atoms with E-state index in [1.54, 1.807) is 17.2 Å². The predicted molar refractivity (Wildman–Crippen MR) is 98.0 cm³/mol. The fourth-order valence-electron chi connectivity index (χ4n) is 2.78. The van der Waals surface area contributed by atoms with Gasteiger partial charge >= 0.3 is 6.03 Å². The van der Waals surface area contributed by atoms with Gasteiger partial charge in [-0.3, -0.25) is 0 Å². The van der Waals surface area contributed by atoms with Crippen molar-refractivity contribution in [3.8, 4) is 0 Å². The fourth-order valence-corrected chi connectivity index (χ4v) is 2.78. The van der Waals surface area contributed by atoms with Gasteiger partial charge in [-0.05, 0) is 22.3 Å². The number of urea groups is 1. The van der Waals surface area contributed by atoms with Crippen LogP contribution in [0.15, 0.2) is 54.9 Å². The van der Waals surface area contributed by atoms with Crippen molar-refractivity contribution in [2.24, 2.45) is 5.92 Å². The molecule has 2 aromatic carbocycles. The molecule has 1 unspecified atom stereocenters. The molecule has 0 saturated carbocycles. The Bertz CT molecular complexity index is 823. The summed E-state index contributed by atoms with van der Waals surface area (Å²) >= 11 is 0. The second kappa shape index (κ2) is 7.79. The van der Waals surface area contributed by atoms with Crippen molar-refractivity contribution in [3.05, 3.63) is 60.4 Å². The van der Waals surface area contributed by atoms with Crippen LogP contribution < -0.4 is 10.6 Å². The number of fused-ring (bicyclic) bond motifs is 1. The molecular weight excluding hydrogens is 314 g/mol. The first-order valence-corrected chi connectivity index (χ1v) is 8.48. The monoisotopic (exact) mass is 337 g/mol. The van der Waals surface area contributed by atoms with Crippen LogP contribution in [0, 0.1) is 5.92 Å². The van der Waals surface area contributed by atoms with E-state index in [9.17, 15) is 4.79 Å². The first kappa shape index (κ1) is 17.0. The van der Waals surface area contributed by atoms with Crippen molar-refractivity contribution in [1.29, 1.82) is 0 Å². The molecule has 3 rings (SSSR count). The Morgan fingerprint density at radius 3 is 2.56 bits per heavy atom. The summed E-state index contributed by atoms with van der Waals surface area (Å²) in [5.41, 5.74) is 1.10. The lowest BCUT2D eigenvalue weighted by molar-refractivity contribution is 0.227. The number of nitrogens with one attached hydrogen (secondary N) is 2. The largest absolute Gasteiger partial charge is 0.334 e. The minimum absolute atomic E-state index is 0.0417. The molecule has 6 heteroatoms. The number of amides is 2. The number of carbonyl (C=O) groups excluding carboxylic acids is 1. The molecule has 0 fully saturated rings. The van der Waals surface area contributed by atoms with E-state index in [0.29, 0.717) is 13.1 Å². The zero-order valence-corrected chi connectivity index (χ0v) is 14.5. The van der Waals surface area contributed by atoms with Crippen LogP contribution in [-0.2, 0) is 13.1 Å². The molecule has 25 heavy (non-hydrogen) atoms. The Morgan fingerprint density at radius 2 is 1.80 bits per heavy atom. The van der Waals surface area contributed by atoms with Gasteiger partial charge in [-0.15, -0.1) is 0 Å². The van der Waals surface area contributed by atoms with Crippen LogP contribution in [0.5, 0.6) is 0 Å². The average molecular weight is 337 g/mol. The highest BCUT2D eigenvalue weighted by molar-refractivity contribution is 5.86. The van der Waals surface area contributed by atoms with Crippen LogP contribution in [0.3, 0.4) is 0 Å². The summed E-state index contributed by atoms with van der Waals surface area (Å²) in [6.07, 6.45) is 3.27. The van der Waals surface area contributed by atoms with E-state index >= 15 is 0 Å². The van der Waals surface area contributed by atoms with Crippen molar-refractivity contribution in [2.45, 2.75) is 33.0 Å². The highest BCUT2D eigenvalue weighted by Crippen LogP contribution is 2.18. The standard InChI is InChI=1S/C19H23N5O/c1-14(2)18(13-24-21-10-11-22-24)23-19(25)20-12-16-8-5-7-15-6-3-4-9-17(15)16/h3-11,14,18H,12-13H2,1-2H3,(H2,20,23,25). The van der Waals surface area contributed by atoms with Gasteiger partial charge in [-0.1, -0.05) is 56.3 Å². The molecule has 0 aliphatic heterocycles. The van der Waals surface area contributed by atoms with Crippen molar-refractivity contribution < 1.29 is 4.79 Å². The van der Waals surface area contributed by atoms with Crippen LogP contribution in [-0.4, -0.2) is 27.1 Å². The molecule has 2 N–H and O–H groups in total. The van der Waals surface area contributed by atoms with E-state index in [1.165, 1.54) is 5.39 Å². The number of hydrogen-bond acceptors (Lipinski definition) is 3. The predicted octanol–water partition coefficient (Wildman–Crippen LogP) is 2.96. The maximum absolute atomic E-state index is 12.3. The van der Waals surface area contributed by atoms with Crippen molar-refractivity contribution in [2.75, 3.05) is 0 Å². The zero-order chi connectivity index (χ0) is 17.6. The van der Waals surface area contributed by atoms with E-state index in [4.69, 9.17) is 0 Å². The minimum Gasteiger partial charge on any atom is -0.334 e. The Labute approximate surface area is 147 Å². The van der Waals surface area contributed by atoms with Gasteiger partial charge in [0.2, 0.25) is 0 Å². The smallest absolute Gasteiger partial charge is 0.315 e. The third kappa shape index (κ3) is 4.35. The van der Waals surface area contributed by atoms with Crippen LogP contribution in [0.2, 0.25) is 0 Å². The average Bonchev–Trinajstić information content (AvgIpc) is 3.12. The molecule has 0 spiro atoms. The van der Waals surface area contributed by atoms with Gasteiger partial charge in [-0.2, -0.15) is 15.0 Å². The summed E-state index contributed by atoms with van der Waals surface area (Å²) in [7, 11) is 0. The van der Waals surface area contributed by atoms with Crippen LogP contribution in [0.25, 0.3) is 10.8 Å². The molecule has 0 saturated heterocycles. The molecule has 0 bridgehead atoms. The fraction of sp³-hybridized carbons (Fsp3) is 0.316. The third-order valence-corrected chi connectivity index (χ3v) is 4.27. The van der Waals surface area contributed by atoms with Gasteiger partial charge in [0.1, 0.15) is 0 Å². The summed E-state index contributed by atoms with van der Waals surface area (Å²) in [5, 5.41) is 16.5. The summed E-state index contributed by atoms with van der Waals surface area (Å²) in [4.78, 5) is 13.9. The van der Waals surface area contributed by atoms with Gasteiger partial charge in [-0.25, -0.2) is 4.79 Å². The third-order valence-electron chi connectivity index (χ3n) is 4.27. The molecule has 0 radical (unpaired) electrons. The number of benzene rings is 2. The SMILES string of the molecule is CC(C)C(Cn1nccn1)NC(=O)NCc1cccc2ccccc12. The minimum atomic E-state index is -0.182. The molecular formula is C19H23N5O. The highest BCUT2D eigenvalue weighted by Gasteiger charge is 2.17. The normalized spacial score (nSPS) is 12.3. The Kier molecular flexibility index (Phi) is 5.28. The van der Waals surface area contributed by atoms with Gasteiger partial charge in [0.15, 0.2) is 0 Å². The first-order valence-electron chi connectivity index (χ1n) is 8.48. The molecule has 1 aromatic heterocycles. The molecule has 3 aromatic rings. The lowest BCUT2D eigenvalue weighted by Gasteiger charge is -2.22. The molecule has 1 heterocycles. The van der Waals surface area contributed by atoms with E-state index < -0.39 is 0 Å². The number of aromatic nitrogens is 3. The molecule has 2 amide bonds. The van der Waals surface area contributed by atoms with Gasteiger partial charge in [0.25, 0.3) is 0 Å². The maximum Gasteiger partial charge on any atom is 0.315 e. The van der Waals surface area contributed by atoms with Crippen molar-refractivity contribution in [3.63, 3.8) is 0 Å². The van der Waals surface area contributed by atoms with Crippen LogP contribution >= 0.6 is 0 Å². The van der Waals surface area contributed by atoms with Crippen molar-refractivity contribution in [1.82, 2.24) is 25.6 Å². The van der Waals surface area contributed by atoms with E-state index in [0.717, 1.165) is 10.9 Å². The molecule has 1 atom stereocenters. The lowest BCUT2D eigenvalue weighted by atomic mass is 10.0. The zero-order valence-electron chi connectivity index (χ0n) is 14.5. The molecule has 6 nitrogen and oxygen atoms in total. The maximum atomic E-state index is 12.3. The van der Waals surface area contributed by atoms with E-state index in [2.05, 4.69) is 52.9 Å². The topological polar surface area (TPSA) is 71.8 Å². The Morgan fingerprint density at radius 1 is 1.08 bits per heavy atom. The molecule has 0 aliphatic rings. The number of rotatable bonds is 6. The summed E-state index contributed by atoms with van der Waals surface area (Å²) < 4.78 is 0. The van der Waals surface area contributed by atoms with E-state index in [1.807, 2.05) is 24.3 Å². The van der Waals surface area contributed by atoms with Crippen molar-refractivity contribution >= 4 is 16.8 Å². The molecule has 130 valence electrons. The number of carbonyl (C=O) groups is 1. The quantitative estimate of drug-likeness (QED) is 0.726. The first-order chi connectivity index (χ1) is 12.1. The number of nitrogens with zero attached hydrogens (tertiary/aromatic N) is 3. The molecule has 0 aliphatic carbocycles. The summed E-state index contributed by atoms with van der Waals surface area (Å²) in [5.74, 6) is 0.273. The lowest BCUT2D eigenvalue weighted by Crippen LogP contribution is -2.46.